The molecule has 1 aliphatic heterocycles. The van der Waals surface area contributed by atoms with Gasteiger partial charge in [-0.2, -0.15) is 25.9 Å². The lowest BCUT2D eigenvalue weighted by molar-refractivity contribution is -0.384. The van der Waals surface area contributed by atoms with Gasteiger partial charge in [0, 0.05) is 12.1 Å². The predicted octanol–water partition coefficient (Wildman–Crippen LogP) is 5.24. The lowest BCUT2D eigenvalue weighted by atomic mass is 9.84. The van der Waals surface area contributed by atoms with Crippen LogP contribution in [-0.4, -0.2) is 75.8 Å². The van der Waals surface area contributed by atoms with Crippen molar-refractivity contribution in [2.24, 2.45) is 0 Å². The molecule has 48 heavy (non-hydrogen) atoms. The van der Waals surface area contributed by atoms with Gasteiger partial charge in [-0.1, -0.05) is 39.0 Å². The number of halogens is 3. The summed E-state index contributed by atoms with van der Waals surface area (Å²) in [4.78, 5) is 36.3. The lowest BCUT2D eigenvalue weighted by Gasteiger charge is -2.48. The highest BCUT2D eigenvalue weighted by Gasteiger charge is 2.75. The Hall–Kier alpha value is -4.01. The van der Waals surface area contributed by atoms with Crippen molar-refractivity contribution >= 4 is 46.2 Å². The minimum absolute atomic E-state index is 0.000715. The summed E-state index contributed by atoms with van der Waals surface area (Å²) in [7, 11) is -14.7. The molecule has 3 atom stereocenters. The topological polar surface area (TPSA) is 186 Å². The maximum atomic E-state index is 13.9. The highest BCUT2D eigenvalue weighted by Crippen LogP contribution is 2.56. The molecular weight excluding hydrogens is 706 g/mol. The van der Waals surface area contributed by atoms with Crippen LogP contribution < -0.4 is 0 Å². The highest BCUT2D eigenvalue weighted by atomic mass is 32.2. The Kier molecular flexibility index (Phi) is 9.09. The number of nitrogens with zero attached hydrogens (tertiary/aromatic N) is 2. The molecule has 0 aromatic heterocycles. The van der Waals surface area contributed by atoms with Gasteiger partial charge in [0.05, 0.1) is 15.4 Å². The molecule has 0 saturated carbocycles. The largest absolute Gasteiger partial charge is 0.534 e. The summed E-state index contributed by atoms with van der Waals surface area (Å²) in [5.74, 6) is -2.09. The van der Waals surface area contributed by atoms with Crippen molar-refractivity contribution < 1.29 is 62.6 Å². The third-order valence-corrected chi connectivity index (χ3v) is 15.8. The Morgan fingerprint density at radius 1 is 1.04 bits per heavy atom. The maximum absolute atomic E-state index is 13.9. The van der Waals surface area contributed by atoms with E-state index in [1.807, 2.05) is 0 Å². The number of amides is 1. The van der Waals surface area contributed by atoms with Crippen LogP contribution in [0.25, 0.3) is 0 Å². The molecule has 1 saturated heterocycles. The number of rotatable bonds is 10. The van der Waals surface area contributed by atoms with Gasteiger partial charge in [0.1, 0.15) is 12.6 Å². The summed E-state index contributed by atoms with van der Waals surface area (Å²) in [6, 6.07) is 8.60. The number of esters is 1. The van der Waals surface area contributed by atoms with Crippen LogP contribution in [0.2, 0.25) is 18.1 Å². The van der Waals surface area contributed by atoms with Crippen molar-refractivity contribution in [3.63, 3.8) is 0 Å². The van der Waals surface area contributed by atoms with Crippen molar-refractivity contribution in [3.8, 4) is 0 Å². The minimum atomic E-state index is -6.42. The van der Waals surface area contributed by atoms with E-state index in [4.69, 9.17) is 13.9 Å². The quantitative estimate of drug-likeness (QED) is 0.0772. The fraction of sp³-hybridized carbons (Fsp3) is 0.429. The van der Waals surface area contributed by atoms with Gasteiger partial charge in [0.25, 0.3) is 15.7 Å². The lowest BCUT2D eigenvalue weighted by Crippen LogP contribution is -2.65. The van der Waals surface area contributed by atoms with Crippen LogP contribution >= 0.6 is 0 Å². The zero-order chi connectivity index (χ0) is 36.3. The number of carbonyl (C=O) groups excluding carboxylic acids is 2. The molecule has 262 valence electrons. The molecule has 0 unspecified atom stereocenters. The van der Waals surface area contributed by atoms with E-state index in [0.29, 0.717) is 6.08 Å². The zero-order valence-corrected chi connectivity index (χ0v) is 28.9. The third kappa shape index (κ3) is 6.16. The minimum Gasteiger partial charge on any atom is -0.458 e. The Morgan fingerprint density at radius 3 is 2.10 bits per heavy atom. The predicted molar refractivity (Wildman–Crippen MR) is 163 cm³/mol. The monoisotopic (exact) mass is 736 g/mol. The number of hydrogen-bond donors (Lipinski definition) is 0. The summed E-state index contributed by atoms with van der Waals surface area (Å²) >= 11 is 0. The molecule has 0 N–H and O–H groups in total. The van der Waals surface area contributed by atoms with E-state index in [1.54, 1.807) is 39.9 Å². The second kappa shape index (κ2) is 11.8. The molecule has 0 spiro atoms. The molecule has 2 aromatic rings. The van der Waals surface area contributed by atoms with Crippen LogP contribution in [-0.2, 0) is 38.2 Å². The highest BCUT2D eigenvalue weighted by molar-refractivity contribution is 7.89. The molecule has 20 heteroatoms. The fourth-order valence-corrected chi connectivity index (χ4v) is 8.53. The van der Waals surface area contributed by atoms with Crippen molar-refractivity contribution in [3.05, 3.63) is 82.1 Å². The average molecular weight is 737 g/mol. The third-order valence-electron chi connectivity index (χ3n) is 8.55. The summed E-state index contributed by atoms with van der Waals surface area (Å²) in [6.45, 7) is 8.47. The zero-order valence-electron chi connectivity index (χ0n) is 26.3. The van der Waals surface area contributed by atoms with E-state index < -0.39 is 96.2 Å². The van der Waals surface area contributed by atoms with Gasteiger partial charge in [-0.25, -0.2) is 18.0 Å². The van der Waals surface area contributed by atoms with Crippen LogP contribution in [0.1, 0.15) is 38.1 Å². The molecule has 1 fully saturated rings. The molecule has 0 bridgehead atoms. The van der Waals surface area contributed by atoms with Crippen molar-refractivity contribution in [2.45, 2.75) is 73.5 Å². The first-order chi connectivity index (χ1) is 21.8. The Labute approximate surface area is 274 Å². The van der Waals surface area contributed by atoms with Crippen molar-refractivity contribution in [1.82, 2.24) is 4.31 Å². The van der Waals surface area contributed by atoms with Crippen molar-refractivity contribution in [2.75, 3.05) is 6.61 Å². The first kappa shape index (κ1) is 36.8. The summed E-state index contributed by atoms with van der Waals surface area (Å²) < 4.78 is 116. The van der Waals surface area contributed by atoms with Gasteiger partial charge in [-0.15, -0.1) is 0 Å². The van der Waals surface area contributed by atoms with Crippen molar-refractivity contribution in [1.29, 1.82) is 0 Å². The number of non-ortho nitro benzene ring substituents is 1. The van der Waals surface area contributed by atoms with Crippen LogP contribution in [0.5, 0.6) is 0 Å². The summed E-state index contributed by atoms with van der Waals surface area (Å²) in [5, 5.41) is 10.4. The van der Waals surface area contributed by atoms with E-state index in [9.17, 15) is 49.7 Å². The van der Waals surface area contributed by atoms with Gasteiger partial charge < -0.3 is 18.1 Å². The maximum Gasteiger partial charge on any atom is 0.534 e. The Balaban J connectivity index is 1.96. The first-order valence-electron chi connectivity index (χ1n) is 14.0. The van der Waals surface area contributed by atoms with Crippen LogP contribution in [0.3, 0.4) is 0 Å². The number of carbonyl (C=O) groups is 2. The number of alkyl halides is 3. The number of nitro groups is 1. The molecule has 2 aromatic carbocycles. The first-order valence-corrected chi connectivity index (χ1v) is 19.7. The normalized spacial score (nSPS) is 23.3. The van der Waals surface area contributed by atoms with Gasteiger partial charge >= 0.3 is 27.7 Å². The average Bonchev–Trinajstić information content (AvgIpc) is 3.37. The molecule has 1 amide bonds. The van der Waals surface area contributed by atoms with E-state index >= 15 is 0 Å². The van der Waals surface area contributed by atoms with Crippen LogP contribution in [0, 0.1) is 10.1 Å². The molecule has 4 rings (SSSR count). The number of fused-ring (bicyclic) bond motifs is 1. The fourth-order valence-electron chi connectivity index (χ4n) is 4.91. The summed E-state index contributed by atoms with van der Waals surface area (Å²) in [5.41, 5.74) is -11.5. The Morgan fingerprint density at radius 2 is 1.60 bits per heavy atom. The number of sulfonamides is 1. The summed E-state index contributed by atoms with van der Waals surface area (Å²) in [6.07, 6.45) is -0.964. The van der Waals surface area contributed by atoms with E-state index in [2.05, 4.69) is 4.18 Å². The number of benzene rings is 2. The Bertz CT molecular complexity index is 1880. The second-order valence-electron chi connectivity index (χ2n) is 12.6. The van der Waals surface area contributed by atoms with Gasteiger partial charge in [-0.05, 0) is 55.4 Å². The van der Waals surface area contributed by atoms with Gasteiger partial charge in [0.2, 0.25) is 5.60 Å². The molecule has 2 aliphatic rings. The number of ether oxygens (including phenoxy) is 2. The van der Waals surface area contributed by atoms with E-state index in [-0.39, 0.29) is 9.87 Å². The second-order valence-corrected chi connectivity index (χ2v) is 20.7. The van der Waals surface area contributed by atoms with E-state index in [1.165, 1.54) is 24.3 Å². The molecule has 14 nitrogen and oxygen atoms in total. The van der Waals surface area contributed by atoms with E-state index in [0.717, 1.165) is 31.2 Å². The molecule has 1 heterocycles. The van der Waals surface area contributed by atoms with Gasteiger partial charge in [0.15, 0.2) is 19.7 Å². The van der Waals surface area contributed by atoms with Crippen LogP contribution in [0.4, 0.5) is 23.7 Å². The molecular formula is C28H31F3N2O12S2Si. The molecule has 0 radical (unpaired) electrons. The SMILES string of the molecule is CC(C)(C)[Si](C)(C)O[C@]1(C)C(OS(=O)(=O)C(F)(F)F)=C[C@H]2N(S(=O)(=O)c3ccc([N+](=O)[O-])cc3)C(=O)O[C@]21COC(=O)c1ccccc1. The standard InChI is InChI=1S/C28H31F3N2O12S2Si/c1-25(2,3)48(5,6)45-26(4)22(44-47(40,41)28(29,30)31)16-21-27(26,17-42-23(34)18-10-8-7-9-11-18)43-24(35)32(21)46(38,39)20-14-12-19(13-15-20)33(36)37/h7-16,21H,17H2,1-6H3/t21-,26-,27-/m1/s1. The number of hydrogen-bond acceptors (Lipinski definition) is 12. The smallest absolute Gasteiger partial charge is 0.458 e. The molecule has 1 aliphatic carbocycles. The number of nitro benzene ring substituents is 1. The van der Waals surface area contributed by atoms with Crippen LogP contribution in [0.15, 0.2) is 71.3 Å². The van der Waals surface area contributed by atoms with Gasteiger partial charge in [-0.3, -0.25) is 10.1 Å².